The monoisotopic (exact) mass is 313 g/mol. The van der Waals surface area contributed by atoms with Crippen LogP contribution in [0.2, 0.25) is 0 Å². The Morgan fingerprint density at radius 2 is 2.04 bits per heavy atom. The van der Waals surface area contributed by atoms with Crippen molar-refractivity contribution in [2.24, 2.45) is 0 Å². The summed E-state index contributed by atoms with van der Waals surface area (Å²) in [5.74, 6) is -0.647. The summed E-state index contributed by atoms with van der Waals surface area (Å²) in [5.41, 5.74) is 1.46. The molecule has 0 saturated carbocycles. The number of hydrogen-bond donors (Lipinski definition) is 3. The number of nitrogens with one attached hydrogen (secondary N) is 3. The maximum atomic E-state index is 11.9. The highest BCUT2D eigenvalue weighted by atomic mass is 16.2. The van der Waals surface area contributed by atoms with E-state index in [-0.39, 0.29) is 18.7 Å². The van der Waals surface area contributed by atoms with Crippen molar-refractivity contribution in [2.45, 2.75) is 18.9 Å². The van der Waals surface area contributed by atoms with Crippen LogP contribution in [-0.4, -0.2) is 33.7 Å². The molecule has 1 aliphatic rings. The number of hydrogen-bond acceptors (Lipinski definition) is 4. The van der Waals surface area contributed by atoms with Gasteiger partial charge >= 0.3 is 6.03 Å². The highest BCUT2D eigenvalue weighted by molar-refractivity contribution is 6.04. The highest BCUT2D eigenvalue weighted by Crippen LogP contribution is 2.12. The van der Waals surface area contributed by atoms with Crippen LogP contribution in [0.3, 0.4) is 0 Å². The molecule has 23 heavy (non-hydrogen) atoms. The first-order valence-corrected chi connectivity index (χ1v) is 7.13. The Morgan fingerprint density at radius 1 is 1.26 bits per heavy atom. The Labute approximate surface area is 131 Å². The molecular formula is C15H15N5O3. The lowest BCUT2D eigenvalue weighted by atomic mass is 10.1. The Morgan fingerprint density at radius 3 is 2.74 bits per heavy atom. The molecule has 3 N–H and O–H groups in total. The summed E-state index contributed by atoms with van der Waals surface area (Å²) in [6.45, 7) is 0. The molecule has 8 nitrogen and oxygen atoms in total. The topological polar surface area (TPSA) is 105 Å². The van der Waals surface area contributed by atoms with Crippen LogP contribution in [0.1, 0.15) is 12.8 Å². The SMILES string of the molecule is O=C(CCC1NC(=O)NC1=O)Nc1cnn(-c2ccccc2)c1. The van der Waals surface area contributed by atoms with E-state index in [1.165, 1.54) is 0 Å². The fraction of sp³-hybridized carbons (Fsp3) is 0.200. The molecule has 0 spiro atoms. The van der Waals surface area contributed by atoms with E-state index in [4.69, 9.17) is 0 Å². The molecule has 0 bridgehead atoms. The summed E-state index contributed by atoms with van der Waals surface area (Å²) in [6.07, 6.45) is 3.62. The maximum Gasteiger partial charge on any atom is 0.322 e. The molecule has 1 atom stereocenters. The Hall–Kier alpha value is -3.16. The first-order valence-electron chi connectivity index (χ1n) is 7.13. The van der Waals surface area contributed by atoms with E-state index < -0.39 is 18.0 Å². The van der Waals surface area contributed by atoms with Gasteiger partial charge in [0.1, 0.15) is 6.04 Å². The number of carbonyl (C=O) groups is 3. The first-order chi connectivity index (χ1) is 11.1. The number of para-hydroxylation sites is 1. The van der Waals surface area contributed by atoms with Crippen LogP contribution in [0.5, 0.6) is 0 Å². The molecule has 1 unspecified atom stereocenters. The number of aromatic nitrogens is 2. The third-order valence-corrected chi connectivity index (χ3v) is 3.41. The van der Waals surface area contributed by atoms with Crippen molar-refractivity contribution in [3.05, 3.63) is 42.7 Å². The summed E-state index contributed by atoms with van der Waals surface area (Å²) in [6, 6.07) is 8.34. The number of anilines is 1. The van der Waals surface area contributed by atoms with E-state index in [9.17, 15) is 14.4 Å². The fourth-order valence-electron chi connectivity index (χ4n) is 2.27. The van der Waals surface area contributed by atoms with Crippen molar-refractivity contribution in [3.8, 4) is 5.69 Å². The van der Waals surface area contributed by atoms with Gasteiger partial charge in [0.25, 0.3) is 5.91 Å². The predicted octanol–water partition coefficient (Wildman–Crippen LogP) is 0.799. The Bertz CT molecular complexity index is 741. The zero-order valence-corrected chi connectivity index (χ0v) is 12.2. The summed E-state index contributed by atoms with van der Waals surface area (Å²) in [5, 5.41) is 11.5. The number of urea groups is 1. The predicted molar refractivity (Wildman–Crippen MR) is 81.9 cm³/mol. The van der Waals surface area contributed by atoms with Crippen molar-refractivity contribution >= 4 is 23.5 Å². The number of nitrogens with zero attached hydrogens (tertiary/aromatic N) is 2. The molecule has 3 rings (SSSR count). The summed E-state index contributed by atoms with van der Waals surface area (Å²) in [7, 11) is 0. The van der Waals surface area contributed by atoms with Crippen molar-refractivity contribution in [1.29, 1.82) is 0 Å². The van der Waals surface area contributed by atoms with Crippen molar-refractivity contribution in [3.63, 3.8) is 0 Å². The molecule has 0 radical (unpaired) electrons. The molecule has 8 heteroatoms. The van der Waals surface area contributed by atoms with Gasteiger partial charge in [-0.15, -0.1) is 0 Å². The van der Waals surface area contributed by atoms with E-state index in [0.717, 1.165) is 5.69 Å². The number of amides is 4. The van der Waals surface area contributed by atoms with E-state index in [0.29, 0.717) is 5.69 Å². The zero-order valence-electron chi connectivity index (χ0n) is 12.2. The van der Waals surface area contributed by atoms with Crippen LogP contribution in [0, 0.1) is 0 Å². The first kappa shape index (κ1) is 14.8. The van der Waals surface area contributed by atoms with Gasteiger partial charge in [0.15, 0.2) is 0 Å². The van der Waals surface area contributed by atoms with Gasteiger partial charge in [0.05, 0.1) is 23.8 Å². The highest BCUT2D eigenvalue weighted by Gasteiger charge is 2.29. The van der Waals surface area contributed by atoms with Gasteiger partial charge in [0.2, 0.25) is 5.91 Å². The lowest BCUT2D eigenvalue weighted by molar-refractivity contribution is -0.120. The van der Waals surface area contributed by atoms with Crippen molar-refractivity contribution in [2.75, 3.05) is 5.32 Å². The smallest absolute Gasteiger partial charge is 0.322 e. The van der Waals surface area contributed by atoms with E-state index >= 15 is 0 Å². The minimum Gasteiger partial charge on any atom is -0.326 e. The molecule has 0 aliphatic carbocycles. The van der Waals surface area contributed by atoms with E-state index in [1.54, 1.807) is 17.1 Å². The molecule has 2 aromatic rings. The molecule has 118 valence electrons. The lowest BCUT2D eigenvalue weighted by Crippen LogP contribution is -2.30. The van der Waals surface area contributed by atoms with Crippen LogP contribution in [0.15, 0.2) is 42.7 Å². The second-order valence-electron chi connectivity index (χ2n) is 5.11. The third-order valence-electron chi connectivity index (χ3n) is 3.41. The number of benzene rings is 1. The van der Waals surface area contributed by atoms with Crippen LogP contribution in [-0.2, 0) is 9.59 Å². The van der Waals surface area contributed by atoms with Gasteiger partial charge < -0.3 is 10.6 Å². The normalized spacial score (nSPS) is 16.8. The largest absolute Gasteiger partial charge is 0.326 e. The van der Waals surface area contributed by atoms with E-state index in [1.807, 2.05) is 30.3 Å². The Kier molecular flexibility index (Phi) is 4.05. The standard InChI is InChI=1S/C15H15N5O3/c21-13(7-6-12-14(22)19-15(23)18-12)17-10-8-16-20(9-10)11-4-2-1-3-5-11/h1-5,8-9,12H,6-7H2,(H,17,21)(H2,18,19,22,23). The van der Waals surface area contributed by atoms with Crippen LogP contribution in [0.25, 0.3) is 5.69 Å². The quantitative estimate of drug-likeness (QED) is 0.710. The second kappa shape index (κ2) is 6.30. The molecule has 2 heterocycles. The van der Waals surface area contributed by atoms with Gasteiger partial charge in [-0.1, -0.05) is 18.2 Å². The van der Waals surface area contributed by atoms with Gasteiger partial charge in [-0.3, -0.25) is 14.9 Å². The molecule has 1 aromatic heterocycles. The van der Waals surface area contributed by atoms with Crippen molar-refractivity contribution in [1.82, 2.24) is 20.4 Å². The summed E-state index contributed by atoms with van der Waals surface area (Å²) in [4.78, 5) is 34.3. The maximum absolute atomic E-state index is 11.9. The summed E-state index contributed by atoms with van der Waals surface area (Å²) < 4.78 is 1.65. The average molecular weight is 313 g/mol. The molecule has 1 saturated heterocycles. The van der Waals surface area contributed by atoms with Gasteiger partial charge in [-0.2, -0.15) is 5.10 Å². The Balaban J connectivity index is 1.53. The van der Waals surface area contributed by atoms with Crippen molar-refractivity contribution < 1.29 is 14.4 Å². The molecule has 1 aliphatic heterocycles. The summed E-state index contributed by atoms with van der Waals surface area (Å²) >= 11 is 0. The van der Waals surface area contributed by atoms with Crippen LogP contribution in [0.4, 0.5) is 10.5 Å². The minimum atomic E-state index is -0.653. The molecular weight excluding hydrogens is 298 g/mol. The van der Waals surface area contributed by atoms with Gasteiger partial charge in [-0.05, 0) is 18.6 Å². The minimum absolute atomic E-state index is 0.120. The number of carbonyl (C=O) groups excluding carboxylic acids is 3. The third kappa shape index (κ3) is 3.54. The van der Waals surface area contributed by atoms with Crippen LogP contribution >= 0.6 is 0 Å². The lowest BCUT2D eigenvalue weighted by Gasteiger charge is -2.06. The van der Waals surface area contributed by atoms with Gasteiger partial charge in [-0.25, -0.2) is 9.48 Å². The number of rotatable bonds is 5. The fourth-order valence-corrected chi connectivity index (χ4v) is 2.27. The second-order valence-corrected chi connectivity index (χ2v) is 5.11. The van der Waals surface area contributed by atoms with Crippen LogP contribution < -0.4 is 16.0 Å². The number of imide groups is 1. The van der Waals surface area contributed by atoms with Gasteiger partial charge in [0, 0.05) is 6.42 Å². The molecule has 4 amide bonds. The average Bonchev–Trinajstić information content (AvgIpc) is 3.12. The van der Waals surface area contributed by atoms with E-state index in [2.05, 4.69) is 21.0 Å². The molecule has 1 aromatic carbocycles. The zero-order chi connectivity index (χ0) is 16.2. The molecule has 1 fully saturated rings.